The smallest absolute Gasteiger partial charge is 0.290 e. The molecule has 1 aliphatic rings. The van der Waals surface area contributed by atoms with Gasteiger partial charge in [-0.25, -0.2) is 0 Å². The molecule has 9 heteroatoms. The van der Waals surface area contributed by atoms with E-state index in [1.165, 1.54) is 37.6 Å². The molecule has 0 radical (unpaired) electrons. The molecule has 1 aliphatic heterocycles. The summed E-state index contributed by atoms with van der Waals surface area (Å²) >= 11 is 1.24. The Bertz CT molecular complexity index is 1180. The van der Waals surface area contributed by atoms with Crippen LogP contribution < -0.4 is 14.2 Å². The lowest BCUT2D eigenvalue weighted by molar-refractivity contribution is -0.130. The molecule has 0 unspecified atom stereocenters. The highest BCUT2D eigenvalue weighted by Gasteiger charge is 2.44. The lowest BCUT2D eigenvalue weighted by atomic mass is 9.94. The van der Waals surface area contributed by atoms with Gasteiger partial charge in [-0.15, -0.1) is 11.3 Å². The van der Waals surface area contributed by atoms with Crippen LogP contribution >= 0.6 is 11.3 Å². The number of ketones is 1. The first-order chi connectivity index (χ1) is 16.0. The number of methoxy groups -OCH3 is 3. The van der Waals surface area contributed by atoms with Gasteiger partial charge in [-0.2, -0.15) is 0 Å². The number of hydrogen-bond donors (Lipinski definition) is 1. The Morgan fingerprint density at radius 2 is 1.85 bits per heavy atom. The molecule has 33 heavy (non-hydrogen) atoms. The van der Waals surface area contributed by atoms with Crippen LogP contribution in [0.4, 0.5) is 0 Å². The number of rotatable bonds is 8. The molecule has 0 saturated carbocycles. The van der Waals surface area contributed by atoms with Gasteiger partial charge in [0.2, 0.25) is 11.5 Å². The summed E-state index contributed by atoms with van der Waals surface area (Å²) in [5, 5.41) is 12.6. The summed E-state index contributed by atoms with van der Waals surface area (Å²) in [6, 6.07) is 9.46. The second-order valence-electron chi connectivity index (χ2n) is 7.22. The number of aliphatic hydroxyl groups excluding tert-OH is 1. The third kappa shape index (κ3) is 4.03. The van der Waals surface area contributed by atoms with Crippen molar-refractivity contribution in [1.29, 1.82) is 0 Å². The van der Waals surface area contributed by atoms with Crippen LogP contribution in [0.5, 0.6) is 17.2 Å². The SMILES string of the molecule is COc1cc([C@@H]2C(C(=O)c3cccs3)=C(O)C(=O)N2Cc2cccnc2)cc(OC)c1OC. The van der Waals surface area contributed by atoms with Crippen LogP contribution in [0, 0.1) is 0 Å². The van der Waals surface area contributed by atoms with Gasteiger partial charge in [0.1, 0.15) is 0 Å². The van der Waals surface area contributed by atoms with Crippen LogP contribution in [0.2, 0.25) is 0 Å². The molecular formula is C24H22N2O6S. The van der Waals surface area contributed by atoms with Gasteiger partial charge in [0, 0.05) is 18.9 Å². The first-order valence-electron chi connectivity index (χ1n) is 10.0. The number of thiophene rings is 1. The zero-order valence-electron chi connectivity index (χ0n) is 18.3. The Balaban J connectivity index is 1.88. The van der Waals surface area contributed by atoms with Gasteiger partial charge in [-0.3, -0.25) is 14.6 Å². The number of aromatic nitrogens is 1. The van der Waals surface area contributed by atoms with Crippen LogP contribution in [-0.4, -0.2) is 48.0 Å². The fourth-order valence-corrected chi connectivity index (χ4v) is 4.56. The molecule has 1 amide bonds. The number of aliphatic hydroxyl groups is 1. The van der Waals surface area contributed by atoms with Crippen molar-refractivity contribution in [3.05, 3.63) is 81.5 Å². The number of carbonyl (C=O) groups is 2. The summed E-state index contributed by atoms with van der Waals surface area (Å²) in [6.07, 6.45) is 3.27. The number of hydrogen-bond acceptors (Lipinski definition) is 8. The number of benzene rings is 1. The van der Waals surface area contributed by atoms with E-state index in [9.17, 15) is 14.7 Å². The minimum Gasteiger partial charge on any atom is -0.503 e. The predicted molar refractivity (Wildman–Crippen MR) is 122 cm³/mol. The number of amides is 1. The highest BCUT2D eigenvalue weighted by atomic mass is 32.1. The van der Waals surface area contributed by atoms with E-state index in [-0.39, 0.29) is 12.1 Å². The molecule has 0 bridgehead atoms. The normalized spacial score (nSPS) is 15.7. The molecule has 3 heterocycles. The number of nitrogens with zero attached hydrogens (tertiary/aromatic N) is 2. The Morgan fingerprint density at radius 1 is 1.12 bits per heavy atom. The summed E-state index contributed by atoms with van der Waals surface area (Å²) in [5.74, 6) is -0.507. The molecule has 0 spiro atoms. The Hall–Kier alpha value is -3.85. The first-order valence-corrected chi connectivity index (χ1v) is 10.9. The van der Waals surface area contributed by atoms with E-state index >= 15 is 0 Å². The van der Waals surface area contributed by atoms with Crippen molar-refractivity contribution in [2.75, 3.05) is 21.3 Å². The van der Waals surface area contributed by atoms with Crippen molar-refractivity contribution < 1.29 is 28.9 Å². The third-order valence-electron chi connectivity index (χ3n) is 5.37. The molecule has 0 aliphatic carbocycles. The summed E-state index contributed by atoms with van der Waals surface area (Å²) < 4.78 is 16.4. The number of ether oxygens (including phenoxy) is 3. The Kier molecular flexibility index (Phi) is 6.32. The molecule has 1 N–H and O–H groups in total. The Morgan fingerprint density at radius 3 is 2.39 bits per heavy atom. The molecule has 0 fully saturated rings. The van der Waals surface area contributed by atoms with E-state index in [1.54, 1.807) is 48.1 Å². The van der Waals surface area contributed by atoms with Crippen molar-refractivity contribution in [1.82, 2.24) is 9.88 Å². The minimum atomic E-state index is -0.874. The van der Waals surface area contributed by atoms with Crippen molar-refractivity contribution in [3.8, 4) is 17.2 Å². The van der Waals surface area contributed by atoms with E-state index < -0.39 is 23.5 Å². The van der Waals surface area contributed by atoms with Crippen LogP contribution in [-0.2, 0) is 11.3 Å². The third-order valence-corrected chi connectivity index (χ3v) is 6.24. The largest absolute Gasteiger partial charge is 0.503 e. The fourth-order valence-electron chi connectivity index (χ4n) is 3.88. The maximum absolute atomic E-state index is 13.4. The number of pyridine rings is 1. The molecule has 0 saturated heterocycles. The van der Waals surface area contributed by atoms with Gasteiger partial charge in [0.25, 0.3) is 5.91 Å². The van der Waals surface area contributed by atoms with Gasteiger partial charge in [-0.1, -0.05) is 12.1 Å². The molecule has 4 rings (SSSR count). The topological polar surface area (TPSA) is 98.2 Å². The van der Waals surface area contributed by atoms with Crippen LogP contribution in [0.3, 0.4) is 0 Å². The summed E-state index contributed by atoms with van der Waals surface area (Å²) in [7, 11) is 4.46. The molecule has 3 aromatic rings. The van der Waals surface area contributed by atoms with Gasteiger partial charge >= 0.3 is 0 Å². The standard InChI is InChI=1S/C24H22N2O6S/c1-30-16-10-15(11-17(31-2)23(16)32-3)20-19(21(27)18-7-5-9-33-18)22(28)24(29)26(20)13-14-6-4-8-25-12-14/h4-12,20,28H,13H2,1-3H3/t20-/m1/s1. The number of Topliss-reactive ketones (excluding diaryl/α,β-unsaturated/α-hetero) is 1. The molecular weight excluding hydrogens is 444 g/mol. The minimum absolute atomic E-state index is 0.000568. The van der Waals surface area contributed by atoms with Crippen LogP contribution in [0.25, 0.3) is 0 Å². The maximum Gasteiger partial charge on any atom is 0.290 e. The zero-order chi connectivity index (χ0) is 23.5. The predicted octanol–water partition coefficient (Wildman–Crippen LogP) is 3.95. The quantitative estimate of drug-likeness (QED) is 0.502. The van der Waals surface area contributed by atoms with Crippen LogP contribution in [0.15, 0.2) is 65.5 Å². The van der Waals surface area contributed by atoms with E-state index in [4.69, 9.17) is 14.2 Å². The second-order valence-corrected chi connectivity index (χ2v) is 8.17. The summed E-state index contributed by atoms with van der Waals surface area (Å²) in [5.41, 5.74) is 1.28. The van der Waals surface area contributed by atoms with E-state index in [2.05, 4.69) is 4.98 Å². The molecule has 8 nitrogen and oxygen atoms in total. The van der Waals surface area contributed by atoms with Crippen molar-refractivity contribution >= 4 is 23.0 Å². The van der Waals surface area contributed by atoms with Gasteiger partial charge in [0.15, 0.2) is 17.3 Å². The molecule has 170 valence electrons. The highest BCUT2D eigenvalue weighted by Crippen LogP contribution is 2.46. The van der Waals surface area contributed by atoms with Gasteiger partial charge in [-0.05, 0) is 40.8 Å². The van der Waals surface area contributed by atoms with E-state index in [1.807, 2.05) is 6.07 Å². The fraction of sp³-hybridized carbons (Fsp3) is 0.208. The highest BCUT2D eigenvalue weighted by molar-refractivity contribution is 7.12. The average molecular weight is 467 g/mol. The summed E-state index contributed by atoms with van der Waals surface area (Å²) in [6.45, 7) is 0.138. The van der Waals surface area contributed by atoms with E-state index in [0.29, 0.717) is 27.7 Å². The first kappa shape index (κ1) is 22.3. The van der Waals surface area contributed by atoms with Crippen molar-refractivity contribution in [2.24, 2.45) is 0 Å². The molecule has 1 aromatic carbocycles. The second kappa shape index (κ2) is 9.33. The van der Waals surface area contributed by atoms with E-state index in [0.717, 1.165) is 5.56 Å². The lowest BCUT2D eigenvalue weighted by Crippen LogP contribution is -2.30. The zero-order valence-corrected chi connectivity index (χ0v) is 19.1. The monoisotopic (exact) mass is 466 g/mol. The number of carbonyl (C=O) groups excluding carboxylic acids is 2. The van der Waals surface area contributed by atoms with Crippen molar-refractivity contribution in [2.45, 2.75) is 12.6 Å². The van der Waals surface area contributed by atoms with Crippen LogP contribution in [0.1, 0.15) is 26.8 Å². The summed E-state index contributed by atoms with van der Waals surface area (Å²) in [4.78, 5) is 32.5. The van der Waals surface area contributed by atoms with Gasteiger partial charge in [0.05, 0.1) is 37.8 Å². The van der Waals surface area contributed by atoms with Crippen molar-refractivity contribution in [3.63, 3.8) is 0 Å². The maximum atomic E-state index is 13.4. The average Bonchev–Trinajstić information content (AvgIpc) is 3.47. The lowest BCUT2D eigenvalue weighted by Gasteiger charge is -2.27. The molecule has 2 aromatic heterocycles. The molecule has 1 atom stereocenters. The van der Waals surface area contributed by atoms with Gasteiger partial charge < -0.3 is 24.2 Å². The Labute approximate surface area is 194 Å².